The standard InChI is InChI=1S/C18H19N3S/c1-2-19-17-16-13-9-6-10-14(13)22-18(16)21-15(20-17)11-12-7-4-3-5-8-12/h3-5,7-8H,2,6,9-11H2,1H3,(H,19,20,21). The van der Waals surface area contributed by atoms with Crippen LogP contribution >= 0.6 is 11.3 Å². The van der Waals surface area contributed by atoms with Crippen LogP contribution < -0.4 is 5.32 Å². The highest BCUT2D eigenvalue weighted by Crippen LogP contribution is 2.39. The van der Waals surface area contributed by atoms with Crippen molar-refractivity contribution in [2.75, 3.05) is 11.9 Å². The molecule has 0 aliphatic heterocycles. The first kappa shape index (κ1) is 13.7. The molecule has 4 rings (SSSR count). The number of hydrogen-bond donors (Lipinski definition) is 1. The van der Waals surface area contributed by atoms with Crippen LogP contribution in [0.3, 0.4) is 0 Å². The van der Waals surface area contributed by atoms with Gasteiger partial charge in [-0.25, -0.2) is 9.97 Å². The minimum atomic E-state index is 0.789. The van der Waals surface area contributed by atoms with E-state index in [0.29, 0.717) is 0 Å². The van der Waals surface area contributed by atoms with Crippen LogP contribution in [0, 0.1) is 0 Å². The van der Waals surface area contributed by atoms with Crippen LogP contribution in [0.15, 0.2) is 30.3 Å². The van der Waals surface area contributed by atoms with E-state index in [2.05, 4.69) is 36.5 Å². The Morgan fingerprint density at radius 2 is 2.00 bits per heavy atom. The molecule has 3 nitrogen and oxygen atoms in total. The summed E-state index contributed by atoms with van der Waals surface area (Å²) >= 11 is 1.86. The lowest BCUT2D eigenvalue weighted by Gasteiger charge is -2.08. The Kier molecular flexibility index (Phi) is 3.54. The Balaban J connectivity index is 1.80. The van der Waals surface area contributed by atoms with Gasteiger partial charge in [0.05, 0.1) is 5.39 Å². The second kappa shape index (κ2) is 5.69. The molecule has 0 saturated carbocycles. The molecule has 0 fully saturated rings. The maximum Gasteiger partial charge on any atom is 0.138 e. The number of benzene rings is 1. The average molecular weight is 309 g/mol. The van der Waals surface area contributed by atoms with Crippen LogP contribution in [-0.4, -0.2) is 16.5 Å². The molecule has 22 heavy (non-hydrogen) atoms. The van der Waals surface area contributed by atoms with E-state index in [-0.39, 0.29) is 0 Å². The van der Waals surface area contributed by atoms with Gasteiger partial charge in [-0.2, -0.15) is 0 Å². The molecule has 1 N–H and O–H groups in total. The zero-order chi connectivity index (χ0) is 14.9. The van der Waals surface area contributed by atoms with Crippen LogP contribution in [0.5, 0.6) is 0 Å². The number of rotatable bonds is 4. The van der Waals surface area contributed by atoms with Gasteiger partial charge in [0.25, 0.3) is 0 Å². The summed E-state index contributed by atoms with van der Waals surface area (Å²) in [6.07, 6.45) is 4.44. The zero-order valence-corrected chi connectivity index (χ0v) is 13.5. The number of thiophene rings is 1. The Labute approximate surface area is 134 Å². The van der Waals surface area contributed by atoms with Crippen molar-refractivity contribution in [2.24, 2.45) is 0 Å². The van der Waals surface area contributed by atoms with Gasteiger partial charge in [0.2, 0.25) is 0 Å². The normalized spacial score (nSPS) is 13.5. The number of nitrogens with zero attached hydrogens (tertiary/aromatic N) is 2. The fourth-order valence-corrected chi connectivity index (χ4v) is 4.47. The minimum Gasteiger partial charge on any atom is -0.370 e. The first-order chi connectivity index (χ1) is 10.8. The summed E-state index contributed by atoms with van der Waals surface area (Å²) in [6, 6.07) is 10.4. The number of hydrogen-bond acceptors (Lipinski definition) is 4. The van der Waals surface area contributed by atoms with Crippen molar-refractivity contribution in [3.8, 4) is 0 Å². The van der Waals surface area contributed by atoms with Gasteiger partial charge in [-0.05, 0) is 37.3 Å². The quantitative estimate of drug-likeness (QED) is 0.785. The molecule has 1 aromatic carbocycles. The maximum absolute atomic E-state index is 4.84. The molecule has 0 amide bonds. The van der Waals surface area contributed by atoms with Crippen LogP contribution in [-0.2, 0) is 19.3 Å². The fourth-order valence-electron chi connectivity index (χ4n) is 3.19. The number of anilines is 1. The first-order valence-electron chi connectivity index (χ1n) is 7.94. The number of aryl methyl sites for hydroxylation is 2. The van der Waals surface area contributed by atoms with Gasteiger partial charge in [0.1, 0.15) is 16.5 Å². The number of aromatic nitrogens is 2. The highest BCUT2D eigenvalue weighted by atomic mass is 32.1. The maximum atomic E-state index is 4.84. The molecule has 3 aromatic rings. The van der Waals surface area contributed by atoms with Gasteiger partial charge in [0.15, 0.2) is 0 Å². The van der Waals surface area contributed by atoms with E-state index >= 15 is 0 Å². The van der Waals surface area contributed by atoms with Gasteiger partial charge >= 0.3 is 0 Å². The lowest BCUT2D eigenvalue weighted by Crippen LogP contribution is -2.05. The fraction of sp³-hybridized carbons (Fsp3) is 0.333. The van der Waals surface area contributed by atoms with Gasteiger partial charge in [-0.3, -0.25) is 0 Å². The molecule has 1 aliphatic rings. The van der Waals surface area contributed by atoms with Crippen LogP contribution in [0.2, 0.25) is 0 Å². The third kappa shape index (κ3) is 2.37. The summed E-state index contributed by atoms with van der Waals surface area (Å²) in [6.45, 7) is 3.01. The Bertz CT molecular complexity index is 808. The SMILES string of the molecule is CCNc1nc(Cc2ccccc2)nc2sc3c(c12)CCC3. The predicted octanol–water partition coefficient (Wildman–Crippen LogP) is 4.20. The van der Waals surface area contributed by atoms with Crippen molar-refractivity contribution in [1.82, 2.24) is 9.97 Å². The van der Waals surface area contributed by atoms with E-state index in [1.165, 1.54) is 40.7 Å². The molecule has 2 heterocycles. The van der Waals surface area contributed by atoms with Crippen molar-refractivity contribution < 1.29 is 0 Å². The van der Waals surface area contributed by atoms with Crippen LogP contribution in [0.1, 0.15) is 35.2 Å². The number of nitrogens with one attached hydrogen (secondary N) is 1. The van der Waals surface area contributed by atoms with E-state index in [0.717, 1.165) is 29.4 Å². The zero-order valence-electron chi connectivity index (χ0n) is 12.7. The van der Waals surface area contributed by atoms with Gasteiger partial charge < -0.3 is 5.32 Å². The van der Waals surface area contributed by atoms with Crippen molar-refractivity contribution in [3.63, 3.8) is 0 Å². The highest BCUT2D eigenvalue weighted by Gasteiger charge is 2.22. The average Bonchev–Trinajstić information content (AvgIpc) is 3.09. The first-order valence-corrected chi connectivity index (χ1v) is 8.75. The Morgan fingerprint density at radius 1 is 1.14 bits per heavy atom. The Morgan fingerprint density at radius 3 is 2.82 bits per heavy atom. The van der Waals surface area contributed by atoms with Gasteiger partial charge in [-0.15, -0.1) is 11.3 Å². The summed E-state index contributed by atoms with van der Waals surface area (Å²) in [5.41, 5.74) is 2.75. The smallest absolute Gasteiger partial charge is 0.138 e. The predicted molar refractivity (Wildman–Crippen MR) is 92.9 cm³/mol. The minimum absolute atomic E-state index is 0.789. The summed E-state index contributed by atoms with van der Waals surface area (Å²) in [7, 11) is 0. The molecule has 0 atom stereocenters. The molecular weight excluding hydrogens is 290 g/mol. The highest BCUT2D eigenvalue weighted by molar-refractivity contribution is 7.19. The molecule has 4 heteroatoms. The molecule has 0 saturated heterocycles. The molecule has 0 radical (unpaired) electrons. The monoisotopic (exact) mass is 309 g/mol. The van der Waals surface area contributed by atoms with E-state index in [1.807, 2.05) is 17.4 Å². The van der Waals surface area contributed by atoms with Gasteiger partial charge in [0, 0.05) is 17.8 Å². The lowest BCUT2D eigenvalue weighted by atomic mass is 10.1. The topological polar surface area (TPSA) is 37.8 Å². The molecule has 2 aromatic heterocycles. The largest absolute Gasteiger partial charge is 0.370 e. The van der Waals surface area contributed by atoms with Gasteiger partial charge in [-0.1, -0.05) is 30.3 Å². The summed E-state index contributed by atoms with van der Waals surface area (Å²) < 4.78 is 0. The van der Waals surface area contributed by atoms with Crippen LogP contribution in [0.4, 0.5) is 5.82 Å². The van der Waals surface area contributed by atoms with E-state index < -0.39 is 0 Å². The third-order valence-electron chi connectivity index (χ3n) is 4.16. The molecule has 0 bridgehead atoms. The number of fused-ring (bicyclic) bond motifs is 3. The molecule has 1 aliphatic carbocycles. The van der Waals surface area contributed by atoms with E-state index in [4.69, 9.17) is 9.97 Å². The Hall–Kier alpha value is -1.94. The van der Waals surface area contributed by atoms with Crippen molar-refractivity contribution >= 4 is 27.4 Å². The summed E-state index contributed by atoms with van der Waals surface area (Å²) in [5.74, 6) is 1.94. The second-order valence-corrected chi connectivity index (χ2v) is 6.80. The lowest BCUT2D eigenvalue weighted by molar-refractivity contribution is 0.916. The molecule has 0 spiro atoms. The molecular formula is C18H19N3S. The van der Waals surface area contributed by atoms with Crippen molar-refractivity contribution in [3.05, 3.63) is 52.2 Å². The van der Waals surface area contributed by atoms with E-state index in [1.54, 1.807) is 0 Å². The van der Waals surface area contributed by atoms with Crippen molar-refractivity contribution in [2.45, 2.75) is 32.6 Å². The van der Waals surface area contributed by atoms with Crippen molar-refractivity contribution in [1.29, 1.82) is 0 Å². The molecule has 0 unspecified atom stereocenters. The second-order valence-electron chi connectivity index (χ2n) is 5.72. The summed E-state index contributed by atoms with van der Waals surface area (Å²) in [4.78, 5) is 12.3. The van der Waals surface area contributed by atoms with Crippen LogP contribution in [0.25, 0.3) is 10.2 Å². The molecule has 112 valence electrons. The summed E-state index contributed by atoms with van der Waals surface area (Å²) in [5, 5.41) is 4.72. The third-order valence-corrected chi connectivity index (χ3v) is 5.35. The van der Waals surface area contributed by atoms with E-state index in [9.17, 15) is 0 Å².